The van der Waals surface area contributed by atoms with Gasteiger partial charge in [-0.3, -0.25) is 4.79 Å². The van der Waals surface area contributed by atoms with Crippen molar-refractivity contribution in [1.82, 2.24) is 10.3 Å². The summed E-state index contributed by atoms with van der Waals surface area (Å²) < 4.78 is 4.67. The van der Waals surface area contributed by atoms with Gasteiger partial charge in [0.2, 0.25) is 0 Å². The van der Waals surface area contributed by atoms with Crippen molar-refractivity contribution in [3.8, 4) is 0 Å². The van der Waals surface area contributed by atoms with Gasteiger partial charge in [-0.2, -0.15) is 0 Å². The van der Waals surface area contributed by atoms with E-state index in [9.17, 15) is 9.59 Å². The maximum Gasteiger partial charge on any atom is 0.328 e. The third-order valence-corrected chi connectivity index (χ3v) is 3.46. The molecule has 1 aromatic heterocycles. The predicted molar refractivity (Wildman–Crippen MR) is 73.0 cm³/mol. The first-order valence-corrected chi connectivity index (χ1v) is 6.90. The molecule has 1 aromatic rings. The van der Waals surface area contributed by atoms with Crippen LogP contribution >= 0.6 is 11.3 Å². The summed E-state index contributed by atoms with van der Waals surface area (Å²) in [5.41, 5.74) is 5.74. The molecule has 0 fully saturated rings. The van der Waals surface area contributed by atoms with Gasteiger partial charge in [0.25, 0.3) is 5.91 Å². The molecule has 0 spiro atoms. The van der Waals surface area contributed by atoms with Gasteiger partial charge in [-0.1, -0.05) is 13.8 Å². The average Bonchev–Trinajstić information content (AvgIpc) is 2.83. The molecule has 1 atom stereocenters. The molecule has 0 radical (unpaired) electrons. The zero-order valence-corrected chi connectivity index (χ0v) is 12.1. The van der Waals surface area contributed by atoms with E-state index in [0.717, 1.165) is 5.01 Å². The number of hydrogen-bond donors (Lipinski definition) is 2. The van der Waals surface area contributed by atoms with Crippen LogP contribution in [0.2, 0.25) is 0 Å². The Kier molecular flexibility index (Phi) is 5.91. The van der Waals surface area contributed by atoms with E-state index in [-0.39, 0.29) is 11.8 Å². The molecule has 6 nitrogen and oxygen atoms in total. The van der Waals surface area contributed by atoms with Crippen molar-refractivity contribution in [2.24, 2.45) is 11.7 Å². The zero-order chi connectivity index (χ0) is 14.4. The van der Waals surface area contributed by atoms with Crippen molar-refractivity contribution in [3.63, 3.8) is 0 Å². The first-order chi connectivity index (χ1) is 8.99. The van der Waals surface area contributed by atoms with E-state index in [0.29, 0.717) is 18.7 Å². The molecule has 106 valence electrons. The van der Waals surface area contributed by atoms with Crippen LogP contribution in [0, 0.1) is 5.92 Å². The van der Waals surface area contributed by atoms with Crippen LogP contribution < -0.4 is 11.1 Å². The number of nitrogens with two attached hydrogens (primary N) is 1. The molecule has 1 rings (SSSR count). The molecule has 0 saturated heterocycles. The minimum atomic E-state index is -0.669. The van der Waals surface area contributed by atoms with Crippen LogP contribution in [0.25, 0.3) is 0 Å². The number of rotatable bonds is 6. The lowest BCUT2D eigenvalue weighted by Crippen LogP contribution is -2.45. The average molecular weight is 285 g/mol. The topological polar surface area (TPSA) is 94.3 Å². The number of hydrogen-bond acceptors (Lipinski definition) is 6. The molecule has 0 aliphatic carbocycles. The molecule has 0 aliphatic heterocycles. The number of nitrogens with one attached hydrogen (secondary N) is 1. The summed E-state index contributed by atoms with van der Waals surface area (Å²) in [5, 5.41) is 5.11. The number of esters is 1. The van der Waals surface area contributed by atoms with Gasteiger partial charge in [0, 0.05) is 11.8 Å². The van der Waals surface area contributed by atoms with Crippen LogP contribution in [0.4, 0.5) is 0 Å². The minimum absolute atomic E-state index is 0.0569. The van der Waals surface area contributed by atoms with Gasteiger partial charge in [0.1, 0.15) is 11.7 Å². The van der Waals surface area contributed by atoms with Crippen molar-refractivity contribution in [2.45, 2.75) is 26.3 Å². The fraction of sp³-hybridized carbons (Fsp3) is 0.583. The van der Waals surface area contributed by atoms with Crippen molar-refractivity contribution in [2.75, 3.05) is 13.7 Å². The van der Waals surface area contributed by atoms with Crippen molar-refractivity contribution in [1.29, 1.82) is 0 Å². The highest BCUT2D eigenvalue weighted by atomic mass is 32.1. The number of aromatic nitrogens is 1. The number of thiazole rings is 1. The Morgan fingerprint density at radius 1 is 1.53 bits per heavy atom. The Morgan fingerprint density at radius 3 is 2.74 bits per heavy atom. The monoisotopic (exact) mass is 285 g/mol. The van der Waals surface area contributed by atoms with Gasteiger partial charge in [-0.05, 0) is 12.5 Å². The van der Waals surface area contributed by atoms with E-state index in [4.69, 9.17) is 5.73 Å². The Labute approximate surface area is 116 Å². The number of amides is 1. The lowest BCUT2D eigenvalue weighted by atomic mass is 10.0. The normalized spacial score (nSPS) is 12.3. The van der Waals surface area contributed by atoms with E-state index >= 15 is 0 Å². The summed E-state index contributed by atoms with van der Waals surface area (Å²) >= 11 is 1.38. The zero-order valence-electron chi connectivity index (χ0n) is 11.3. The smallest absolute Gasteiger partial charge is 0.328 e. The Balaban J connectivity index is 2.73. The largest absolute Gasteiger partial charge is 0.467 e. The second-order valence-corrected chi connectivity index (χ2v) is 5.33. The quantitative estimate of drug-likeness (QED) is 0.745. The van der Waals surface area contributed by atoms with Crippen molar-refractivity contribution < 1.29 is 14.3 Å². The highest BCUT2D eigenvalue weighted by Crippen LogP contribution is 2.11. The second-order valence-electron chi connectivity index (χ2n) is 4.38. The van der Waals surface area contributed by atoms with Crippen LogP contribution in [0.1, 0.15) is 29.3 Å². The molecule has 0 saturated carbocycles. The Hall–Kier alpha value is -1.47. The molecule has 0 aromatic carbocycles. The minimum Gasteiger partial charge on any atom is -0.467 e. The lowest BCUT2D eigenvalue weighted by molar-refractivity contribution is -0.144. The summed E-state index contributed by atoms with van der Waals surface area (Å²) in [7, 11) is 1.30. The number of carbonyl (C=O) groups is 2. The maximum atomic E-state index is 12.0. The van der Waals surface area contributed by atoms with E-state index < -0.39 is 12.0 Å². The van der Waals surface area contributed by atoms with Gasteiger partial charge in [-0.15, -0.1) is 11.3 Å². The number of nitrogens with zero attached hydrogens (tertiary/aromatic N) is 1. The summed E-state index contributed by atoms with van der Waals surface area (Å²) in [6.07, 6.45) is 0.641. The molecule has 19 heavy (non-hydrogen) atoms. The van der Waals surface area contributed by atoms with Crippen LogP contribution in [0.3, 0.4) is 0 Å². The lowest BCUT2D eigenvalue weighted by Gasteiger charge is -2.19. The first-order valence-electron chi connectivity index (χ1n) is 6.02. The second kappa shape index (κ2) is 7.20. The van der Waals surface area contributed by atoms with Gasteiger partial charge in [0.05, 0.1) is 12.1 Å². The molecule has 0 aliphatic rings. The molecule has 0 unspecified atom stereocenters. The fourth-order valence-corrected chi connectivity index (χ4v) is 2.29. The van der Waals surface area contributed by atoms with E-state index in [1.165, 1.54) is 18.4 Å². The predicted octanol–water partition coefficient (Wildman–Crippen LogP) is 0.572. The highest BCUT2D eigenvalue weighted by molar-refractivity contribution is 7.09. The molecule has 7 heteroatoms. The number of carbonyl (C=O) groups excluding carboxylic acids is 2. The van der Waals surface area contributed by atoms with E-state index in [1.807, 2.05) is 13.8 Å². The summed E-state index contributed by atoms with van der Waals surface area (Å²) in [6.45, 7) is 4.16. The van der Waals surface area contributed by atoms with Gasteiger partial charge >= 0.3 is 5.97 Å². The summed E-state index contributed by atoms with van der Waals surface area (Å²) in [4.78, 5) is 27.7. The van der Waals surface area contributed by atoms with Gasteiger partial charge in [-0.25, -0.2) is 9.78 Å². The standard InChI is InChI=1S/C12H19N3O3S/c1-7(2)10(12(17)18-3)15-11(16)8-6-19-9(14-8)4-5-13/h6-7,10H,4-5,13H2,1-3H3,(H,15,16)/t10-/m0/s1. The molecule has 1 amide bonds. The van der Waals surface area contributed by atoms with Crippen LogP contribution in [-0.4, -0.2) is 36.6 Å². The van der Waals surface area contributed by atoms with E-state index in [2.05, 4.69) is 15.0 Å². The summed E-state index contributed by atoms with van der Waals surface area (Å²) in [5.74, 6) is -0.886. The van der Waals surface area contributed by atoms with Crippen LogP contribution in [0.5, 0.6) is 0 Å². The van der Waals surface area contributed by atoms with Crippen LogP contribution in [0.15, 0.2) is 5.38 Å². The van der Waals surface area contributed by atoms with Gasteiger partial charge in [0.15, 0.2) is 0 Å². The van der Waals surface area contributed by atoms with Gasteiger partial charge < -0.3 is 15.8 Å². The van der Waals surface area contributed by atoms with E-state index in [1.54, 1.807) is 5.38 Å². The Morgan fingerprint density at radius 2 is 2.21 bits per heavy atom. The Bertz CT molecular complexity index is 445. The number of methoxy groups -OCH3 is 1. The summed E-state index contributed by atoms with van der Waals surface area (Å²) in [6, 6.07) is -0.669. The third-order valence-electron chi connectivity index (χ3n) is 2.55. The molecular weight excluding hydrogens is 266 g/mol. The third kappa shape index (κ3) is 4.29. The highest BCUT2D eigenvalue weighted by Gasteiger charge is 2.26. The van der Waals surface area contributed by atoms with Crippen LogP contribution in [-0.2, 0) is 16.0 Å². The molecule has 1 heterocycles. The van der Waals surface area contributed by atoms with Crippen molar-refractivity contribution >= 4 is 23.2 Å². The SMILES string of the molecule is COC(=O)[C@@H](NC(=O)c1csc(CCN)n1)C(C)C. The van der Waals surface area contributed by atoms with Crippen molar-refractivity contribution in [3.05, 3.63) is 16.1 Å². The molecular formula is C12H19N3O3S. The molecule has 3 N–H and O–H groups in total. The molecule has 0 bridgehead atoms. The number of ether oxygens (including phenoxy) is 1. The fourth-order valence-electron chi connectivity index (χ4n) is 1.49. The first kappa shape index (κ1) is 15.6. The maximum absolute atomic E-state index is 12.0.